The van der Waals surface area contributed by atoms with Crippen LogP contribution >= 0.6 is 0 Å². The zero-order valence-electron chi connectivity index (χ0n) is 17.5. The third-order valence-corrected chi connectivity index (χ3v) is 6.63. The average molecular weight is 411 g/mol. The molecule has 1 saturated carbocycles. The molecular formula is C27H29F3. The van der Waals surface area contributed by atoms with E-state index in [2.05, 4.69) is 0 Å². The van der Waals surface area contributed by atoms with Gasteiger partial charge in [-0.1, -0.05) is 67.8 Å². The molecule has 158 valence electrons. The lowest BCUT2D eigenvalue weighted by Crippen LogP contribution is -2.28. The number of hydrogen-bond acceptors (Lipinski definition) is 0. The van der Waals surface area contributed by atoms with Crippen LogP contribution in [0.5, 0.6) is 0 Å². The number of benzene rings is 2. The van der Waals surface area contributed by atoms with Crippen molar-refractivity contribution in [2.75, 3.05) is 0 Å². The molecule has 0 amide bonds. The Balaban J connectivity index is 1.44. The van der Waals surface area contributed by atoms with Gasteiger partial charge in [0.15, 0.2) is 12.3 Å². The lowest BCUT2D eigenvalue weighted by atomic mass is 9.77. The predicted molar refractivity (Wildman–Crippen MR) is 117 cm³/mol. The smallest absolute Gasteiger partial charge is 0.161 e. The fraction of sp³-hybridized carbons (Fsp3) is 0.407. The molecule has 0 N–H and O–H groups in total. The van der Waals surface area contributed by atoms with E-state index in [0.29, 0.717) is 16.7 Å². The van der Waals surface area contributed by atoms with Crippen LogP contribution in [0.2, 0.25) is 0 Å². The molecule has 2 aromatic carbocycles. The number of alkyl halides is 2. The third kappa shape index (κ3) is 4.55. The van der Waals surface area contributed by atoms with Crippen LogP contribution in [-0.2, 0) is 12.8 Å². The SMILES string of the molecule is Cc1ccc(CCc2ccc(C3=CC=C(C4CCCCC4)C(F)C3F)cc2)cc1F. The van der Waals surface area contributed by atoms with Gasteiger partial charge in [0, 0.05) is 0 Å². The normalized spacial score (nSPS) is 22.5. The van der Waals surface area contributed by atoms with Crippen molar-refractivity contribution in [3.8, 4) is 0 Å². The second-order valence-electron chi connectivity index (χ2n) is 8.71. The minimum atomic E-state index is -1.60. The van der Waals surface area contributed by atoms with Crippen molar-refractivity contribution >= 4 is 5.57 Å². The van der Waals surface area contributed by atoms with Gasteiger partial charge in [0.1, 0.15) is 5.82 Å². The Morgan fingerprint density at radius 1 is 0.800 bits per heavy atom. The van der Waals surface area contributed by atoms with Gasteiger partial charge in [0.2, 0.25) is 0 Å². The van der Waals surface area contributed by atoms with Gasteiger partial charge in [-0.05, 0) is 78.0 Å². The zero-order valence-corrected chi connectivity index (χ0v) is 17.5. The maximum absolute atomic E-state index is 15.0. The summed E-state index contributed by atoms with van der Waals surface area (Å²) in [5, 5.41) is 0. The Morgan fingerprint density at radius 2 is 1.47 bits per heavy atom. The van der Waals surface area contributed by atoms with Crippen molar-refractivity contribution in [1.29, 1.82) is 0 Å². The van der Waals surface area contributed by atoms with E-state index in [-0.39, 0.29) is 11.7 Å². The topological polar surface area (TPSA) is 0 Å². The highest BCUT2D eigenvalue weighted by Crippen LogP contribution is 2.39. The minimum Gasteiger partial charge on any atom is -0.239 e. The molecule has 2 atom stereocenters. The molecule has 0 spiro atoms. The molecule has 4 rings (SSSR count). The third-order valence-electron chi connectivity index (χ3n) is 6.63. The van der Waals surface area contributed by atoms with Crippen LogP contribution in [0.15, 0.2) is 60.2 Å². The van der Waals surface area contributed by atoms with Crippen LogP contribution in [0, 0.1) is 18.7 Å². The number of allylic oxidation sites excluding steroid dienone is 4. The van der Waals surface area contributed by atoms with Gasteiger partial charge in [-0.15, -0.1) is 0 Å². The maximum Gasteiger partial charge on any atom is 0.161 e. The Kier molecular flexibility index (Phi) is 6.46. The molecule has 0 nitrogen and oxygen atoms in total. The van der Waals surface area contributed by atoms with Gasteiger partial charge in [-0.25, -0.2) is 13.2 Å². The first kappa shape index (κ1) is 21.0. The van der Waals surface area contributed by atoms with Crippen molar-refractivity contribution < 1.29 is 13.2 Å². The summed E-state index contributed by atoms with van der Waals surface area (Å²) in [5.41, 5.74) is 4.51. The van der Waals surface area contributed by atoms with E-state index in [1.165, 1.54) is 6.42 Å². The molecule has 0 saturated heterocycles. The molecule has 3 heteroatoms. The van der Waals surface area contributed by atoms with Crippen LogP contribution < -0.4 is 0 Å². The van der Waals surface area contributed by atoms with E-state index < -0.39 is 12.3 Å². The Bertz CT molecular complexity index is 933. The summed E-state index contributed by atoms with van der Waals surface area (Å²) in [6, 6.07) is 13.0. The fourth-order valence-corrected chi connectivity index (χ4v) is 4.69. The molecule has 30 heavy (non-hydrogen) atoms. The monoisotopic (exact) mass is 410 g/mol. The maximum atomic E-state index is 15.0. The molecule has 0 aliphatic heterocycles. The van der Waals surface area contributed by atoms with Crippen molar-refractivity contribution in [3.05, 3.63) is 88.3 Å². The van der Waals surface area contributed by atoms with Gasteiger partial charge in [0.25, 0.3) is 0 Å². The number of rotatable bonds is 5. The first-order valence-electron chi connectivity index (χ1n) is 11.1. The second-order valence-corrected chi connectivity index (χ2v) is 8.71. The molecule has 2 aliphatic carbocycles. The van der Waals surface area contributed by atoms with E-state index in [1.807, 2.05) is 36.4 Å². The second kappa shape index (κ2) is 9.24. The summed E-state index contributed by atoms with van der Waals surface area (Å²) in [7, 11) is 0. The highest BCUT2D eigenvalue weighted by Gasteiger charge is 2.35. The number of halogens is 3. The van der Waals surface area contributed by atoms with E-state index in [0.717, 1.165) is 55.2 Å². The van der Waals surface area contributed by atoms with E-state index in [9.17, 15) is 13.2 Å². The van der Waals surface area contributed by atoms with Gasteiger partial charge in [0.05, 0.1) is 0 Å². The van der Waals surface area contributed by atoms with Crippen LogP contribution in [0.1, 0.15) is 54.4 Å². The summed E-state index contributed by atoms with van der Waals surface area (Å²) >= 11 is 0. The van der Waals surface area contributed by atoms with Crippen molar-refractivity contribution in [3.63, 3.8) is 0 Å². The quantitative estimate of drug-likeness (QED) is 0.479. The van der Waals surface area contributed by atoms with Gasteiger partial charge >= 0.3 is 0 Å². The number of hydrogen-bond donors (Lipinski definition) is 0. The average Bonchev–Trinajstić information content (AvgIpc) is 2.77. The Labute approximate surface area is 177 Å². The van der Waals surface area contributed by atoms with Crippen molar-refractivity contribution in [2.45, 2.75) is 64.2 Å². The first-order chi connectivity index (χ1) is 14.5. The van der Waals surface area contributed by atoms with Crippen LogP contribution in [0.4, 0.5) is 13.2 Å². The summed E-state index contributed by atoms with van der Waals surface area (Å²) in [6.45, 7) is 1.76. The standard InChI is InChI=1S/C27H29F3/c1-18-7-8-20(17-25(18)28)10-9-19-11-13-22(14-12-19)24-16-15-23(26(29)27(24)30)21-5-3-2-4-6-21/h7-8,11-17,21,26-27H,2-6,9-10H2,1H3. The molecule has 1 fully saturated rings. The van der Waals surface area contributed by atoms with Gasteiger partial charge < -0.3 is 0 Å². The molecule has 2 aromatic rings. The molecule has 2 aliphatic rings. The largest absolute Gasteiger partial charge is 0.239 e. The number of aryl methyl sites for hydroxylation is 3. The van der Waals surface area contributed by atoms with Crippen LogP contribution in [-0.4, -0.2) is 12.3 Å². The summed E-state index contributed by atoms with van der Waals surface area (Å²) in [6.07, 6.45) is 7.34. The van der Waals surface area contributed by atoms with Gasteiger partial charge in [-0.2, -0.15) is 0 Å². The first-order valence-corrected chi connectivity index (χ1v) is 11.1. The highest BCUT2D eigenvalue weighted by molar-refractivity contribution is 5.73. The molecule has 0 radical (unpaired) electrons. The summed E-state index contributed by atoms with van der Waals surface area (Å²) < 4.78 is 43.6. The lowest BCUT2D eigenvalue weighted by molar-refractivity contribution is 0.217. The van der Waals surface area contributed by atoms with Crippen LogP contribution in [0.25, 0.3) is 5.57 Å². The predicted octanol–water partition coefficient (Wildman–Crippen LogP) is 7.50. The molecule has 2 unspecified atom stereocenters. The Morgan fingerprint density at radius 3 is 2.17 bits per heavy atom. The molecule has 0 bridgehead atoms. The molecular weight excluding hydrogens is 381 g/mol. The van der Waals surface area contributed by atoms with Crippen molar-refractivity contribution in [2.24, 2.45) is 5.92 Å². The van der Waals surface area contributed by atoms with E-state index >= 15 is 0 Å². The van der Waals surface area contributed by atoms with Gasteiger partial charge in [-0.3, -0.25) is 0 Å². The summed E-state index contributed by atoms with van der Waals surface area (Å²) in [4.78, 5) is 0. The highest BCUT2D eigenvalue weighted by atomic mass is 19.2. The van der Waals surface area contributed by atoms with E-state index in [4.69, 9.17) is 0 Å². The fourth-order valence-electron chi connectivity index (χ4n) is 4.69. The molecule has 0 aromatic heterocycles. The summed E-state index contributed by atoms with van der Waals surface area (Å²) in [5.74, 6) is 0.0151. The molecule has 0 heterocycles. The Hall–Kier alpha value is -2.29. The van der Waals surface area contributed by atoms with E-state index in [1.54, 1.807) is 25.1 Å². The van der Waals surface area contributed by atoms with Crippen LogP contribution in [0.3, 0.4) is 0 Å². The zero-order chi connectivity index (χ0) is 21.1. The lowest BCUT2D eigenvalue weighted by Gasteiger charge is -2.31. The minimum absolute atomic E-state index is 0.178. The van der Waals surface area contributed by atoms with Crippen molar-refractivity contribution in [1.82, 2.24) is 0 Å².